The SMILES string of the molecule is CCNC(=NCCc1cccc2ccccc12)N1CCN(C(=O)c2ccco2)CC1. The van der Waals surface area contributed by atoms with E-state index < -0.39 is 0 Å². The van der Waals surface area contributed by atoms with E-state index in [1.807, 2.05) is 4.90 Å². The van der Waals surface area contributed by atoms with Crippen LogP contribution in [0.5, 0.6) is 0 Å². The number of aliphatic imine (C=N–C) groups is 1. The number of rotatable bonds is 5. The third-order valence-electron chi connectivity index (χ3n) is 5.46. The zero-order chi connectivity index (χ0) is 20.8. The van der Waals surface area contributed by atoms with Crippen molar-refractivity contribution in [2.45, 2.75) is 13.3 Å². The zero-order valence-electron chi connectivity index (χ0n) is 17.4. The van der Waals surface area contributed by atoms with E-state index in [0.717, 1.165) is 38.6 Å². The maximum atomic E-state index is 12.5. The highest BCUT2D eigenvalue weighted by atomic mass is 16.3. The Morgan fingerprint density at radius 3 is 2.53 bits per heavy atom. The number of amides is 1. The van der Waals surface area contributed by atoms with Gasteiger partial charge in [0.15, 0.2) is 11.7 Å². The number of furan rings is 1. The van der Waals surface area contributed by atoms with Crippen LogP contribution in [0.25, 0.3) is 10.8 Å². The lowest BCUT2D eigenvalue weighted by Crippen LogP contribution is -2.53. The van der Waals surface area contributed by atoms with Gasteiger partial charge in [-0.3, -0.25) is 9.79 Å². The highest BCUT2D eigenvalue weighted by Crippen LogP contribution is 2.19. The highest BCUT2D eigenvalue weighted by molar-refractivity contribution is 5.91. The number of nitrogens with one attached hydrogen (secondary N) is 1. The molecule has 6 nitrogen and oxygen atoms in total. The summed E-state index contributed by atoms with van der Waals surface area (Å²) in [5, 5.41) is 5.96. The van der Waals surface area contributed by atoms with Crippen molar-refractivity contribution in [3.63, 3.8) is 0 Å². The maximum absolute atomic E-state index is 12.5. The quantitative estimate of drug-likeness (QED) is 0.523. The lowest BCUT2D eigenvalue weighted by atomic mass is 10.0. The maximum Gasteiger partial charge on any atom is 0.289 e. The summed E-state index contributed by atoms with van der Waals surface area (Å²) in [6.45, 7) is 6.46. The van der Waals surface area contributed by atoms with Crippen molar-refractivity contribution in [2.24, 2.45) is 4.99 Å². The second-order valence-electron chi connectivity index (χ2n) is 7.38. The Labute approximate surface area is 177 Å². The number of benzene rings is 2. The molecule has 1 saturated heterocycles. The average Bonchev–Trinajstić information content (AvgIpc) is 3.33. The summed E-state index contributed by atoms with van der Waals surface area (Å²) >= 11 is 0. The largest absolute Gasteiger partial charge is 0.459 e. The molecular weight excluding hydrogens is 376 g/mol. The molecule has 2 heterocycles. The fourth-order valence-corrected chi connectivity index (χ4v) is 3.90. The summed E-state index contributed by atoms with van der Waals surface area (Å²) in [6.07, 6.45) is 2.43. The molecular formula is C24H28N4O2. The van der Waals surface area contributed by atoms with E-state index >= 15 is 0 Å². The minimum atomic E-state index is -0.0439. The summed E-state index contributed by atoms with van der Waals surface area (Å²) in [4.78, 5) is 21.4. The van der Waals surface area contributed by atoms with Crippen molar-refractivity contribution in [2.75, 3.05) is 39.3 Å². The van der Waals surface area contributed by atoms with Crippen molar-refractivity contribution in [1.29, 1.82) is 0 Å². The molecule has 0 atom stereocenters. The predicted octanol–water partition coefficient (Wildman–Crippen LogP) is 3.40. The van der Waals surface area contributed by atoms with E-state index in [4.69, 9.17) is 9.41 Å². The van der Waals surface area contributed by atoms with Crippen LogP contribution in [0.3, 0.4) is 0 Å². The van der Waals surface area contributed by atoms with Crippen molar-refractivity contribution >= 4 is 22.6 Å². The lowest BCUT2D eigenvalue weighted by Gasteiger charge is -2.36. The molecule has 1 aliphatic heterocycles. The predicted molar refractivity (Wildman–Crippen MR) is 120 cm³/mol. The van der Waals surface area contributed by atoms with Gasteiger partial charge >= 0.3 is 0 Å². The Morgan fingerprint density at radius 2 is 1.77 bits per heavy atom. The molecule has 0 unspecified atom stereocenters. The first kappa shape index (κ1) is 20.0. The van der Waals surface area contributed by atoms with Crippen LogP contribution in [0.4, 0.5) is 0 Å². The van der Waals surface area contributed by atoms with Gasteiger partial charge in [0, 0.05) is 39.3 Å². The van der Waals surface area contributed by atoms with Crippen LogP contribution in [0.1, 0.15) is 23.0 Å². The highest BCUT2D eigenvalue weighted by Gasteiger charge is 2.25. The summed E-state index contributed by atoms with van der Waals surface area (Å²) < 4.78 is 5.25. The van der Waals surface area contributed by atoms with Crippen LogP contribution in [0, 0.1) is 0 Å². The van der Waals surface area contributed by atoms with Crippen LogP contribution >= 0.6 is 0 Å². The second-order valence-corrected chi connectivity index (χ2v) is 7.38. The molecule has 1 fully saturated rings. The Kier molecular flexibility index (Phi) is 6.32. The van der Waals surface area contributed by atoms with E-state index in [9.17, 15) is 4.79 Å². The molecule has 0 radical (unpaired) electrons. The molecule has 1 aliphatic rings. The molecule has 0 bridgehead atoms. The van der Waals surface area contributed by atoms with Crippen molar-refractivity contribution in [1.82, 2.24) is 15.1 Å². The van der Waals surface area contributed by atoms with E-state index in [2.05, 4.69) is 59.6 Å². The first-order valence-corrected chi connectivity index (χ1v) is 10.6. The van der Waals surface area contributed by atoms with Gasteiger partial charge in [-0.1, -0.05) is 42.5 Å². The van der Waals surface area contributed by atoms with Crippen LogP contribution in [-0.2, 0) is 6.42 Å². The zero-order valence-corrected chi connectivity index (χ0v) is 17.4. The van der Waals surface area contributed by atoms with Gasteiger partial charge in [0.05, 0.1) is 6.26 Å². The first-order valence-electron chi connectivity index (χ1n) is 10.6. The molecule has 2 aromatic carbocycles. The Balaban J connectivity index is 1.38. The lowest BCUT2D eigenvalue weighted by molar-refractivity contribution is 0.0657. The van der Waals surface area contributed by atoms with Crippen LogP contribution in [0.2, 0.25) is 0 Å². The molecule has 0 saturated carbocycles. The molecule has 1 amide bonds. The fraction of sp³-hybridized carbons (Fsp3) is 0.333. The summed E-state index contributed by atoms with van der Waals surface area (Å²) in [5.74, 6) is 1.28. The summed E-state index contributed by atoms with van der Waals surface area (Å²) in [6, 6.07) is 18.4. The van der Waals surface area contributed by atoms with Gasteiger partial charge in [0.2, 0.25) is 0 Å². The number of hydrogen-bond acceptors (Lipinski definition) is 3. The van der Waals surface area contributed by atoms with Crippen molar-refractivity contribution in [3.05, 3.63) is 72.2 Å². The Hall–Kier alpha value is -3.28. The fourth-order valence-electron chi connectivity index (χ4n) is 3.90. The smallest absolute Gasteiger partial charge is 0.289 e. The molecule has 156 valence electrons. The molecule has 30 heavy (non-hydrogen) atoms. The standard InChI is InChI=1S/C24H28N4O2/c1-2-25-24(26-13-12-20-9-5-8-19-7-3-4-10-21(19)20)28-16-14-27(15-17-28)23(29)22-11-6-18-30-22/h3-11,18H,2,12-17H2,1H3,(H,25,26). The van der Waals surface area contributed by atoms with Gasteiger partial charge in [0.1, 0.15) is 0 Å². The van der Waals surface area contributed by atoms with Gasteiger partial charge in [-0.05, 0) is 41.8 Å². The molecule has 6 heteroatoms. The number of fused-ring (bicyclic) bond motifs is 1. The molecule has 0 spiro atoms. The monoisotopic (exact) mass is 404 g/mol. The Morgan fingerprint density at radius 1 is 1.00 bits per heavy atom. The van der Waals surface area contributed by atoms with Crippen LogP contribution in [-0.4, -0.2) is 60.9 Å². The normalized spacial score (nSPS) is 14.9. The summed E-state index contributed by atoms with van der Waals surface area (Å²) in [5.41, 5.74) is 1.32. The van der Waals surface area contributed by atoms with Crippen molar-refractivity contribution in [3.8, 4) is 0 Å². The Bertz CT molecular complexity index is 1000. The van der Waals surface area contributed by atoms with Crippen molar-refractivity contribution < 1.29 is 9.21 Å². The number of carbonyl (C=O) groups excluding carboxylic acids is 1. The number of piperazine rings is 1. The van der Waals surface area contributed by atoms with E-state index in [0.29, 0.717) is 18.8 Å². The van der Waals surface area contributed by atoms with E-state index in [1.165, 1.54) is 22.6 Å². The molecule has 4 rings (SSSR count). The van der Waals surface area contributed by atoms with E-state index in [-0.39, 0.29) is 5.91 Å². The number of guanidine groups is 1. The minimum Gasteiger partial charge on any atom is -0.459 e. The van der Waals surface area contributed by atoms with E-state index in [1.54, 1.807) is 12.1 Å². The molecule has 0 aliphatic carbocycles. The number of nitrogens with zero attached hydrogens (tertiary/aromatic N) is 3. The van der Waals surface area contributed by atoms with Gasteiger partial charge < -0.3 is 19.5 Å². The number of carbonyl (C=O) groups is 1. The van der Waals surface area contributed by atoms with Gasteiger partial charge in [0.25, 0.3) is 5.91 Å². The number of hydrogen-bond donors (Lipinski definition) is 1. The molecule has 1 aromatic heterocycles. The third-order valence-corrected chi connectivity index (χ3v) is 5.46. The van der Waals surface area contributed by atoms with Gasteiger partial charge in [-0.25, -0.2) is 0 Å². The first-order chi connectivity index (χ1) is 14.8. The second kappa shape index (κ2) is 9.48. The average molecular weight is 405 g/mol. The summed E-state index contributed by atoms with van der Waals surface area (Å²) in [7, 11) is 0. The van der Waals surface area contributed by atoms with Crippen LogP contribution in [0.15, 0.2) is 70.3 Å². The van der Waals surface area contributed by atoms with Gasteiger partial charge in [-0.15, -0.1) is 0 Å². The molecule has 1 N–H and O–H groups in total. The van der Waals surface area contributed by atoms with Gasteiger partial charge in [-0.2, -0.15) is 0 Å². The topological polar surface area (TPSA) is 61.1 Å². The third kappa shape index (κ3) is 4.48. The minimum absolute atomic E-state index is 0.0439. The molecule has 3 aromatic rings. The van der Waals surface area contributed by atoms with Crippen LogP contribution < -0.4 is 5.32 Å².